The first-order valence-corrected chi connectivity index (χ1v) is 7.80. The van der Waals surface area contributed by atoms with Crippen LogP contribution < -0.4 is 0 Å². The molecule has 0 saturated carbocycles. The number of hydrogen-bond donors (Lipinski definition) is 1. The number of ether oxygens (including phenoxy) is 1. The Balaban J connectivity index is 0. The minimum atomic E-state index is -0.657. The van der Waals surface area contributed by atoms with Gasteiger partial charge in [-0.1, -0.05) is 71.1 Å². The molecule has 116 valence electrons. The van der Waals surface area contributed by atoms with Crippen molar-refractivity contribution in [3.63, 3.8) is 0 Å². The highest BCUT2D eigenvalue weighted by Gasteiger charge is 1.96. The van der Waals surface area contributed by atoms with Gasteiger partial charge in [0.15, 0.2) is 0 Å². The van der Waals surface area contributed by atoms with Crippen LogP contribution in [0.5, 0.6) is 0 Å². The van der Waals surface area contributed by atoms with Crippen LogP contribution in [0.4, 0.5) is 0 Å². The Labute approximate surface area is 119 Å². The van der Waals surface area contributed by atoms with E-state index in [1.807, 2.05) is 0 Å². The van der Waals surface area contributed by atoms with E-state index in [2.05, 4.69) is 11.7 Å². The van der Waals surface area contributed by atoms with Gasteiger partial charge in [0.2, 0.25) is 0 Å². The quantitative estimate of drug-likeness (QED) is 0.507. The number of aliphatic carboxylic acids is 1. The normalized spacial score (nSPS) is 9.84. The van der Waals surface area contributed by atoms with Gasteiger partial charge in [-0.15, -0.1) is 0 Å². The zero-order chi connectivity index (χ0) is 14.8. The molecule has 1 N–H and O–H groups in total. The Morgan fingerprint density at radius 3 is 1.42 bits per heavy atom. The average molecular weight is 274 g/mol. The predicted molar refractivity (Wildman–Crippen MR) is 81.6 cm³/mol. The van der Waals surface area contributed by atoms with E-state index >= 15 is 0 Å². The van der Waals surface area contributed by atoms with Gasteiger partial charge in [0.1, 0.15) is 0 Å². The van der Waals surface area contributed by atoms with Crippen molar-refractivity contribution >= 4 is 5.97 Å². The Bertz CT molecular complexity index is 169. The number of carboxylic acid groups (broad SMARTS) is 1. The lowest BCUT2D eigenvalue weighted by molar-refractivity contribution is -0.137. The van der Waals surface area contributed by atoms with Crippen LogP contribution in [-0.4, -0.2) is 25.3 Å². The standard InChI is InChI=1S/C14H28O2.C2H6O/c1-2-3-4-5-6-7-8-9-10-11-12-13-14(15)16;1-3-2/h2-13H2,1H3,(H,15,16);1-2H3. The molecule has 0 aromatic rings. The van der Waals surface area contributed by atoms with Gasteiger partial charge in [-0.25, -0.2) is 0 Å². The van der Waals surface area contributed by atoms with E-state index in [1.165, 1.54) is 57.8 Å². The Kier molecular flexibility index (Phi) is 21.6. The molecule has 0 atom stereocenters. The average Bonchev–Trinajstić information content (AvgIpc) is 2.36. The molecule has 0 spiro atoms. The minimum Gasteiger partial charge on any atom is -0.481 e. The Hall–Kier alpha value is -0.570. The number of methoxy groups -OCH3 is 1. The molecule has 0 radical (unpaired) electrons. The van der Waals surface area contributed by atoms with Gasteiger partial charge in [0.05, 0.1) is 0 Å². The van der Waals surface area contributed by atoms with E-state index in [4.69, 9.17) is 5.11 Å². The van der Waals surface area contributed by atoms with Crippen molar-refractivity contribution in [1.29, 1.82) is 0 Å². The van der Waals surface area contributed by atoms with Crippen LogP contribution in [0.3, 0.4) is 0 Å². The maximum Gasteiger partial charge on any atom is 0.303 e. The summed E-state index contributed by atoms with van der Waals surface area (Å²) >= 11 is 0. The second-order valence-corrected chi connectivity index (χ2v) is 5.09. The van der Waals surface area contributed by atoms with Crippen molar-refractivity contribution in [3.8, 4) is 0 Å². The first kappa shape index (κ1) is 20.7. The van der Waals surface area contributed by atoms with Crippen molar-refractivity contribution in [2.75, 3.05) is 14.2 Å². The second-order valence-electron chi connectivity index (χ2n) is 5.09. The molecule has 0 aliphatic heterocycles. The fraction of sp³-hybridized carbons (Fsp3) is 0.938. The van der Waals surface area contributed by atoms with Gasteiger partial charge in [0.25, 0.3) is 0 Å². The molecule has 19 heavy (non-hydrogen) atoms. The molecule has 3 nitrogen and oxygen atoms in total. The summed E-state index contributed by atoms with van der Waals surface area (Å²) in [5.74, 6) is -0.657. The van der Waals surface area contributed by atoms with E-state index in [0.29, 0.717) is 6.42 Å². The molecular weight excluding hydrogens is 240 g/mol. The highest BCUT2D eigenvalue weighted by Crippen LogP contribution is 2.11. The summed E-state index contributed by atoms with van der Waals surface area (Å²) < 4.78 is 4.25. The third-order valence-electron chi connectivity index (χ3n) is 2.99. The molecule has 0 saturated heterocycles. The van der Waals surface area contributed by atoms with Crippen molar-refractivity contribution in [2.45, 2.75) is 84.0 Å². The fourth-order valence-electron chi connectivity index (χ4n) is 1.94. The topological polar surface area (TPSA) is 46.5 Å². The highest BCUT2D eigenvalue weighted by atomic mass is 16.4. The van der Waals surface area contributed by atoms with E-state index < -0.39 is 5.97 Å². The number of carboxylic acids is 1. The van der Waals surface area contributed by atoms with Gasteiger partial charge in [-0.2, -0.15) is 0 Å². The van der Waals surface area contributed by atoms with Gasteiger partial charge in [-0.05, 0) is 6.42 Å². The maximum atomic E-state index is 10.3. The lowest BCUT2D eigenvalue weighted by Crippen LogP contribution is -1.93. The SMILES string of the molecule is CCCCCCCCCCCCCC(=O)O.COC. The molecule has 3 heteroatoms. The van der Waals surface area contributed by atoms with Crippen LogP contribution in [0.15, 0.2) is 0 Å². The van der Waals surface area contributed by atoms with Crippen molar-refractivity contribution in [2.24, 2.45) is 0 Å². The Morgan fingerprint density at radius 2 is 1.11 bits per heavy atom. The second kappa shape index (κ2) is 19.8. The van der Waals surface area contributed by atoms with Crippen molar-refractivity contribution < 1.29 is 14.6 Å². The number of rotatable bonds is 12. The highest BCUT2D eigenvalue weighted by molar-refractivity contribution is 5.66. The lowest BCUT2D eigenvalue weighted by Gasteiger charge is -2.01. The monoisotopic (exact) mass is 274 g/mol. The molecule has 0 amide bonds. The largest absolute Gasteiger partial charge is 0.481 e. The zero-order valence-electron chi connectivity index (χ0n) is 13.2. The molecule has 0 aromatic heterocycles. The summed E-state index contributed by atoms with van der Waals surface area (Å²) in [4.78, 5) is 10.3. The number of unbranched alkanes of at least 4 members (excludes halogenated alkanes) is 10. The molecular formula is C16H34O3. The van der Waals surface area contributed by atoms with Crippen LogP contribution in [0.1, 0.15) is 84.0 Å². The van der Waals surface area contributed by atoms with Gasteiger partial charge in [0, 0.05) is 20.6 Å². The van der Waals surface area contributed by atoms with Crippen LogP contribution in [0, 0.1) is 0 Å². The summed E-state index contributed by atoms with van der Waals surface area (Å²) in [6.45, 7) is 2.25. The molecule has 0 rings (SSSR count). The molecule has 0 aliphatic rings. The summed E-state index contributed by atoms with van der Waals surface area (Å²) in [6, 6.07) is 0. The van der Waals surface area contributed by atoms with Crippen LogP contribution in [0.2, 0.25) is 0 Å². The summed E-state index contributed by atoms with van der Waals surface area (Å²) in [6.07, 6.45) is 14.4. The molecule has 0 aliphatic carbocycles. The molecule has 0 unspecified atom stereocenters. The van der Waals surface area contributed by atoms with E-state index in [-0.39, 0.29) is 0 Å². The summed E-state index contributed by atoms with van der Waals surface area (Å²) in [7, 11) is 3.25. The van der Waals surface area contributed by atoms with Crippen LogP contribution in [-0.2, 0) is 9.53 Å². The first-order chi connectivity index (χ1) is 9.18. The maximum absolute atomic E-state index is 10.3. The van der Waals surface area contributed by atoms with E-state index in [0.717, 1.165) is 12.8 Å². The molecule has 0 heterocycles. The smallest absolute Gasteiger partial charge is 0.303 e. The summed E-state index contributed by atoms with van der Waals surface area (Å²) in [5.41, 5.74) is 0. The molecule has 0 aromatic carbocycles. The third kappa shape index (κ3) is 26.9. The first-order valence-electron chi connectivity index (χ1n) is 7.80. The lowest BCUT2D eigenvalue weighted by atomic mass is 10.1. The number of carbonyl (C=O) groups is 1. The van der Waals surface area contributed by atoms with Crippen molar-refractivity contribution in [1.82, 2.24) is 0 Å². The zero-order valence-corrected chi connectivity index (χ0v) is 13.2. The Morgan fingerprint density at radius 1 is 0.789 bits per heavy atom. The van der Waals surface area contributed by atoms with Crippen molar-refractivity contribution in [3.05, 3.63) is 0 Å². The van der Waals surface area contributed by atoms with E-state index in [9.17, 15) is 4.79 Å². The molecule has 0 fully saturated rings. The third-order valence-corrected chi connectivity index (χ3v) is 2.99. The minimum absolute atomic E-state index is 0.344. The summed E-state index contributed by atoms with van der Waals surface area (Å²) in [5, 5.41) is 8.46. The van der Waals surface area contributed by atoms with Crippen LogP contribution in [0.25, 0.3) is 0 Å². The molecule has 0 bridgehead atoms. The predicted octanol–water partition coefficient (Wildman–Crippen LogP) is 5.03. The van der Waals surface area contributed by atoms with E-state index in [1.54, 1.807) is 14.2 Å². The van der Waals surface area contributed by atoms with Gasteiger partial charge in [-0.3, -0.25) is 4.79 Å². The number of hydrogen-bond acceptors (Lipinski definition) is 2. The fourth-order valence-corrected chi connectivity index (χ4v) is 1.94. The van der Waals surface area contributed by atoms with Crippen LogP contribution >= 0.6 is 0 Å². The van der Waals surface area contributed by atoms with Gasteiger partial charge >= 0.3 is 5.97 Å². The van der Waals surface area contributed by atoms with Gasteiger partial charge < -0.3 is 9.84 Å².